The lowest BCUT2D eigenvalue weighted by molar-refractivity contribution is 0.285. The molecule has 0 amide bonds. The Hall–Kier alpha value is -1.53. The highest BCUT2D eigenvalue weighted by Gasteiger charge is 2.22. The lowest BCUT2D eigenvalue weighted by Gasteiger charge is -2.23. The first-order valence-electron chi connectivity index (χ1n) is 7.25. The van der Waals surface area contributed by atoms with Crippen molar-refractivity contribution in [1.29, 1.82) is 5.26 Å². The third-order valence-electron chi connectivity index (χ3n) is 3.57. The molecule has 2 N–H and O–H groups in total. The summed E-state index contributed by atoms with van der Waals surface area (Å²) in [6.07, 6.45) is 2.12. The van der Waals surface area contributed by atoms with Crippen LogP contribution in [-0.2, 0) is 5.41 Å². The SMILES string of the molecule is CCC(N)(C#N)CCCOc1ccccc1C(C)(C)C. The zero-order chi connectivity index (χ0) is 15.2. The Labute approximate surface area is 122 Å². The molecule has 20 heavy (non-hydrogen) atoms. The molecule has 0 fully saturated rings. The van der Waals surface area contributed by atoms with E-state index >= 15 is 0 Å². The summed E-state index contributed by atoms with van der Waals surface area (Å²) < 4.78 is 5.88. The van der Waals surface area contributed by atoms with Crippen molar-refractivity contribution in [1.82, 2.24) is 0 Å². The Morgan fingerprint density at radius 3 is 2.45 bits per heavy atom. The molecule has 3 nitrogen and oxygen atoms in total. The van der Waals surface area contributed by atoms with Crippen molar-refractivity contribution in [2.75, 3.05) is 6.61 Å². The summed E-state index contributed by atoms with van der Waals surface area (Å²) in [6, 6.07) is 10.3. The third-order valence-corrected chi connectivity index (χ3v) is 3.57. The summed E-state index contributed by atoms with van der Waals surface area (Å²) in [5.41, 5.74) is 6.51. The fourth-order valence-electron chi connectivity index (χ4n) is 2.09. The molecule has 0 aliphatic rings. The molecule has 0 radical (unpaired) electrons. The second kappa shape index (κ2) is 6.76. The van der Waals surface area contributed by atoms with Gasteiger partial charge in [0.1, 0.15) is 11.3 Å². The predicted molar refractivity (Wildman–Crippen MR) is 82.7 cm³/mol. The topological polar surface area (TPSA) is 59.0 Å². The smallest absolute Gasteiger partial charge is 0.123 e. The van der Waals surface area contributed by atoms with Gasteiger partial charge in [0.2, 0.25) is 0 Å². The summed E-state index contributed by atoms with van der Waals surface area (Å²) in [5, 5.41) is 9.04. The molecule has 0 spiro atoms. The molecule has 0 saturated heterocycles. The van der Waals surface area contributed by atoms with E-state index in [0.717, 1.165) is 12.2 Å². The van der Waals surface area contributed by atoms with Gasteiger partial charge in [0.25, 0.3) is 0 Å². The van der Waals surface area contributed by atoms with E-state index in [-0.39, 0.29) is 5.41 Å². The van der Waals surface area contributed by atoms with Crippen LogP contribution in [-0.4, -0.2) is 12.1 Å². The van der Waals surface area contributed by atoms with Gasteiger partial charge in [-0.3, -0.25) is 0 Å². The van der Waals surface area contributed by atoms with Crippen molar-refractivity contribution in [2.24, 2.45) is 5.73 Å². The molecule has 0 aliphatic heterocycles. The number of hydrogen-bond acceptors (Lipinski definition) is 3. The maximum Gasteiger partial charge on any atom is 0.123 e. The molecular formula is C17H26N2O. The number of hydrogen-bond donors (Lipinski definition) is 1. The van der Waals surface area contributed by atoms with E-state index in [4.69, 9.17) is 15.7 Å². The number of nitrogens with zero attached hydrogens (tertiary/aromatic N) is 1. The van der Waals surface area contributed by atoms with Gasteiger partial charge in [-0.05, 0) is 36.3 Å². The molecule has 1 atom stereocenters. The van der Waals surface area contributed by atoms with Crippen LogP contribution in [0.4, 0.5) is 0 Å². The molecule has 0 saturated carbocycles. The zero-order valence-electron chi connectivity index (χ0n) is 13.1. The van der Waals surface area contributed by atoms with Crippen LogP contribution in [0.1, 0.15) is 52.5 Å². The highest BCUT2D eigenvalue weighted by atomic mass is 16.5. The van der Waals surface area contributed by atoms with E-state index in [0.29, 0.717) is 19.4 Å². The fraction of sp³-hybridized carbons (Fsp3) is 0.588. The molecule has 0 bridgehead atoms. The predicted octanol–water partition coefficient (Wildman–Crippen LogP) is 3.77. The standard InChI is InChI=1S/C17H26N2O/c1-5-17(19,13-18)11-8-12-20-15-10-7-6-9-14(15)16(2,3)4/h6-7,9-10H,5,8,11-12,19H2,1-4H3. The summed E-state index contributed by atoms with van der Waals surface area (Å²) in [7, 11) is 0. The Balaban J connectivity index is 2.58. The van der Waals surface area contributed by atoms with Crippen LogP contribution in [0, 0.1) is 11.3 Å². The molecule has 0 aromatic heterocycles. The number of nitriles is 1. The van der Waals surface area contributed by atoms with E-state index < -0.39 is 5.54 Å². The van der Waals surface area contributed by atoms with Gasteiger partial charge >= 0.3 is 0 Å². The summed E-state index contributed by atoms with van der Waals surface area (Å²) in [6.45, 7) is 9.05. The largest absolute Gasteiger partial charge is 0.493 e. The summed E-state index contributed by atoms with van der Waals surface area (Å²) in [4.78, 5) is 0. The average Bonchev–Trinajstić information content (AvgIpc) is 2.43. The minimum Gasteiger partial charge on any atom is -0.493 e. The number of nitrogens with two attached hydrogens (primary N) is 1. The van der Waals surface area contributed by atoms with Crippen LogP contribution in [0.5, 0.6) is 5.75 Å². The van der Waals surface area contributed by atoms with Gasteiger partial charge in [-0.25, -0.2) is 0 Å². The van der Waals surface area contributed by atoms with Gasteiger partial charge in [-0.1, -0.05) is 45.9 Å². The molecule has 110 valence electrons. The molecule has 0 aliphatic carbocycles. The van der Waals surface area contributed by atoms with Gasteiger partial charge < -0.3 is 10.5 Å². The summed E-state index contributed by atoms with van der Waals surface area (Å²) >= 11 is 0. The van der Waals surface area contributed by atoms with Gasteiger partial charge in [-0.2, -0.15) is 5.26 Å². The molecule has 1 aromatic rings. The average molecular weight is 274 g/mol. The van der Waals surface area contributed by atoms with Crippen LogP contribution < -0.4 is 10.5 Å². The van der Waals surface area contributed by atoms with Gasteiger partial charge in [0.05, 0.1) is 12.7 Å². The monoisotopic (exact) mass is 274 g/mol. The van der Waals surface area contributed by atoms with Gasteiger partial charge in [0, 0.05) is 0 Å². The van der Waals surface area contributed by atoms with Crippen molar-refractivity contribution >= 4 is 0 Å². The van der Waals surface area contributed by atoms with E-state index in [1.165, 1.54) is 5.56 Å². The number of benzene rings is 1. The first-order valence-corrected chi connectivity index (χ1v) is 7.25. The molecule has 0 heterocycles. The number of rotatable bonds is 6. The Morgan fingerprint density at radius 2 is 1.90 bits per heavy atom. The minimum absolute atomic E-state index is 0.0598. The van der Waals surface area contributed by atoms with Crippen LogP contribution in [0.2, 0.25) is 0 Å². The van der Waals surface area contributed by atoms with E-state index in [2.05, 4.69) is 32.9 Å². The van der Waals surface area contributed by atoms with Crippen molar-refractivity contribution in [3.05, 3.63) is 29.8 Å². The van der Waals surface area contributed by atoms with Crippen molar-refractivity contribution < 1.29 is 4.74 Å². The first-order chi connectivity index (χ1) is 9.32. The van der Waals surface area contributed by atoms with Crippen LogP contribution in [0.25, 0.3) is 0 Å². The molecular weight excluding hydrogens is 248 g/mol. The quantitative estimate of drug-likeness (QED) is 0.803. The first kappa shape index (κ1) is 16.5. The fourth-order valence-corrected chi connectivity index (χ4v) is 2.09. The van der Waals surface area contributed by atoms with Gasteiger partial charge in [-0.15, -0.1) is 0 Å². The van der Waals surface area contributed by atoms with Crippen LogP contribution in [0.15, 0.2) is 24.3 Å². The molecule has 3 heteroatoms. The number of para-hydroxylation sites is 1. The Morgan fingerprint density at radius 1 is 1.25 bits per heavy atom. The molecule has 1 aromatic carbocycles. The van der Waals surface area contributed by atoms with E-state index in [1.807, 2.05) is 25.1 Å². The van der Waals surface area contributed by atoms with Crippen molar-refractivity contribution in [2.45, 2.75) is 57.9 Å². The normalized spacial score (nSPS) is 14.4. The zero-order valence-corrected chi connectivity index (χ0v) is 13.1. The van der Waals surface area contributed by atoms with Crippen molar-refractivity contribution in [3.8, 4) is 11.8 Å². The Bertz CT molecular complexity index is 471. The van der Waals surface area contributed by atoms with Crippen LogP contribution >= 0.6 is 0 Å². The maximum atomic E-state index is 9.04. The molecule has 1 unspecified atom stereocenters. The second-order valence-electron chi connectivity index (χ2n) is 6.32. The second-order valence-corrected chi connectivity index (χ2v) is 6.32. The van der Waals surface area contributed by atoms with E-state index in [9.17, 15) is 0 Å². The highest BCUT2D eigenvalue weighted by molar-refractivity contribution is 5.38. The highest BCUT2D eigenvalue weighted by Crippen LogP contribution is 2.31. The summed E-state index contributed by atoms with van der Waals surface area (Å²) in [5.74, 6) is 0.927. The Kier molecular flexibility index (Phi) is 5.59. The van der Waals surface area contributed by atoms with Crippen molar-refractivity contribution in [3.63, 3.8) is 0 Å². The number of ether oxygens (including phenoxy) is 1. The third kappa shape index (κ3) is 4.54. The van der Waals surface area contributed by atoms with E-state index in [1.54, 1.807) is 0 Å². The van der Waals surface area contributed by atoms with Crippen LogP contribution in [0.3, 0.4) is 0 Å². The van der Waals surface area contributed by atoms with Gasteiger partial charge in [0.15, 0.2) is 0 Å². The lowest BCUT2D eigenvalue weighted by atomic mass is 9.86. The minimum atomic E-state index is -0.715. The molecule has 1 rings (SSSR count). The maximum absolute atomic E-state index is 9.04. The lowest BCUT2D eigenvalue weighted by Crippen LogP contribution is -2.37.